The van der Waals surface area contributed by atoms with Crippen LogP contribution in [0, 0.1) is 6.92 Å². The van der Waals surface area contributed by atoms with Crippen LogP contribution in [-0.4, -0.2) is 21.2 Å². The summed E-state index contributed by atoms with van der Waals surface area (Å²) in [6.45, 7) is 1.84. The summed E-state index contributed by atoms with van der Waals surface area (Å²) in [5.41, 5.74) is 2.26. The molecule has 1 atom stereocenters. The van der Waals surface area contributed by atoms with Crippen LogP contribution in [0.4, 0.5) is 13.2 Å². The van der Waals surface area contributed by atoms with Crippen molar-refractivity contribution in [3.63, 3.8) is 0 Å². The lowest BCUT2D eigenvalue weighted by molar-refractivity contribution is -0.274. The number of hydrogen-bond acceptors (Lipinski definition) is 3. The highest BCUT2D eigenvalue weighted by molar-refractivity contribution is 5.29. The maximum Gasteiger partial charge on any atom is 0.573 e. The summed E-state index contributed by atoms with van der Waals surface area (Å²) in [6, 6.07) is 5.45. The molecule has 21 heavy (non-hydrogen) atoms. The molecule has 0 bridgehead atoms. The topological polar surface area (TPSA) is 47.3 Å². The molecule has 0 fully saturated rings. The highest BCUT2D eigenvalue weighted by Gasteiger charge is 2.31. The van der Waals surface area contributed by atoms with E-state index in [1.807, 2.05) is 6.92 Å². The Bertz CT molecular complexity index is 606. The molecular weight excluding hydrogens is 285 g/mol. The van der Waals surface area contributed by atoms with Crippen molar-refractivity contribution in [1.29, 1.82) is 0 Å². The van der Waals surface area contributed by atoms with Gasteiger partial charge in [-0.15, -0.1) is 13.2 Å². The Morgan fingerprint density at radius 2 is 1.90 bits per heavy atom. The van der Waals surface area contributed by atoms with Gasteiger partial charge in [-0.05, 0) is 24.6 Å². The van der Waals surface area contributed by atoms with Crippen LogP contribution in [0.3, 0.4) is 0 Å². The first-order valence-electron chi connectivity index (χ1n) is 6.27. The van der Waals surface area contributed by atoms with Gasteiger partial charge in [0.25, 0.3) is 0 Å². The number of halogens is 3. The summed E-state index contributed by atoms with van der Waals surface area (Å²) < 4.78 is 41.6. The molecule has 1 aromatic heterocycles. The van der Waals surface area contributed by atoms with Crippen molar-refractivity contribution >= 4 is 0 Å². The summed E-state index contributed by atoms with van der Waals surface area (Å²) in [4.78, 5) is 0. The van der Waals surface area contributed by atoms with Crippen LogP contribution in [0.5, 0.6) is 5.75 Å². The van der Waals surface area contributed by atoms with Crippen molar-refractivity contribution < 1.29 is 23.0 Å². The molecule has 114 valence electrons. The van der Waals surface area contributed by atoms with Crippen molar-refractivity contribution in [2.45, 2.75) is 25.8 Å². The molecule has 1 N–H and O–H groups in total. The zero-order valence-corrected chi connectivity index (χ0v) is 11.6. The quantitative estimate of drug-likeness (QED) is 0.944. The van der Waals surface area contributed by atoms with Gasteiger partial charge in [-0.3, -0.25) is 4.68 Å². The second-order valence-electron chi connectivity index (χ2n) is 4.72. The molecule has 0 aliphatic heterocycles. The fourth-order valence-corrected chi connectivity index (χ4v) is 2.00. The van der Waals surface area contributed by atoms with Gasteiger partial charge in [0.05, 0.1) is 12.3 Å². The maximum absolute atomic E-state index is 12.0. The normalized spacial score (nSPS) is 13.2. The molecule has 1 aromatic carbocycles. The molecule has 2 aromatic rings. The molecule has 0 radical (unpaired) electrons. The number of nitrogens with zero attached hydrogens (tertiary/aromatic N) is 2. The Labute approximate surface area is 119 Å². The second-order valence-corrected chi connectivity index (χ2v) is 4.72. The van der Waals surface area contributed by atoms with Gasteiger partial charge in [0.1, 0.15) is 5.75 Å². The lowest BCUT2D eigenvalue weighted by atomic mass is 10.0. The fraction of sp³-hybridized carbons (Fsp3) is 0.357. The fourth-order valence-electron chi connectivity index (χ4n) is 2.00. The third kappa shape index (κ3) is 3.98. The number of benzene rings is 1. The number of alkyl halides is 3. The zero-order valence-electron chi connectivity index (χ0n) is 11.6. The van der Waals surface area contributed by atoms with E-state index in [2.05, 4.69) is 9.84 Å². The van der Waals surface area contributed by atoms with Gasteiger partial charge in [-0.1, -0.05) is 12.1 Å². The van der Waals surface area contributed by atoms with Gasteiger partial charge in [0.2, 0.25) is 0 Å². The molecule has 2 rings (SSSR count). The first-order chi connectivity index (χ1) is 9.76. The number of aryl methyl sites for hydroxylation is 1. The average Bonchev–Trinajstić information content (AvgIpc) is 2.71. The molecule has 4 nitrogen and oxygen atoms in total. The van der Waals surface area contributed by atoms with Crippen LogP contribution in [0.2, 0.25) is 0 Å². The molecular formula is C14H15F3N2O2. The van der Waals surface area contributed by atoms with Gasteiger partial charge >= 0.3 is 6.36 Å². The minimum Gasteiger partial charge on any atom is -0.406 e. The van der Waals surface area contributed by atoms with E-state index in [1.165, 1.54) is 24.3 Å². The minimum absolute atomic E-state index is 0.279. The van der Waals surface area contributed by atoms with E-state index in [1.54, 1.807) is 17.9 Å². The minimum atomic E-state index is -4.70. The van der Waals surface area contributed by atoms with Crippen LogP contribution in [0.1, 0.15) is 22.9 Å². The standard InChI is InChI=1S/C14H15F3N2O2/c1-9-12(8-18-19(9)2)13(20)7-10-3-5-11(6-4-10)21-14(15,16)17/h3-6,8,13,20H,7H2,1-2H3. The molecule has 7 heteroatoms. The number of aliphatic hydroxyl groups excluding tert-OH is 1. The Hall–Kier alpha value is -2.02. The van der Waals surface area contributed by atoms with E-state index in [0.29, 0.717) is 17.5 Å². The number of hydrogen-bond donors (Lipinski definition) is 1. The zero-order chi connectivity index (χ0) is 15.6. The number of ether oxygens (including phenoxy) is 1. The summed E-state index contributed by atoms with van der Waals surface area (Å²) in [5.74, 6) is -0.279. The van der Waals surface area contributed by atoms with Crippen LogP contribution >= 0.6 is 0 Å². The lowest BCUT2D eigenvalue weighted by Crippen LogP contribution is -2.17. The van der Waals surface area contributed by atoms with E-state index in [4.69, 9.17) is 0 Å². The second kappa shape index (κ2) is 5.77. The Balaban J connectivity index is 2.05. The van der Waals surface area contributed by atoms with Crippen molar-refractivity contribution in [3.8, 4) is 5.75 Å². The predicted octanol–water partition coefficient (Wildman–Crippen LogP) is 2.90. The summed E-state index contributed by atoms with van der Waals surface area (Å²) in [5, 5.41) is 14.2. The molecule has 0 spiro atoms. The van der Waals surface area contributed by atoms with Gasteiger partial charge < -0.3 is 9.84 Å². The number of aromatic nitrogens is 2. The summed E-state index contributed by atoms with van der Waals surface area (Å²) in [7, 11) is 1.77. The van der Waals surface area contributed by atoms with Gasteiger partial charge in [-0.2, -0.15) is 5.10 Å². The third-order valence-corrected chi connectivity index (χ3v) is 3.22. The predicted molar refractivity (Wildman–Crippen MR) is 69.7 cm³/mol. The molecule has 1 unspecified atom stereocenters. The van der Waals surface area contributed by atoms with Crippen LogP contribution in [0.15, 0.2) is 30.5 Å². The Morgan fingerprint density at radius 1 is 1.29 bits per heavy atom. The van der Waals surface area contributed by atoms with Crippen LogP contribution in [-0.2, 0) is 13.5 Å². The number of rotatable bonds is 4. The first kappa shape index (κ1) is 15.4. The number of aliphatic hydroxyl groups is 1. The molecule has 0 saturated heterocycles. The van der Waals surface area contributed by atoms with Crippen molar-refractivity contribution in [2.75, 3.05) is 0 Å². The van der Waals surface area contributed by atoms with E-state index < -0.39 is 12.5 Å². The van der Waals surface area contributed by atoms with E-state index in [-0.39, 0.29) is 5.75 Å². The van der Waals surface area contributed by atoms with Crippen molar-refractivity contribution in [1.82, 2.24) is 9.78 Å². The molecule has 0 aliphatic carbocycles. The van der Waals surface area contributed by atoms with Gasteiger partial charge in [0, 0.05) is 24.7 Å². The third-order valence-electron chi connectivity index (χ3n) is 3.22. The van der Waals surface area contributed by atoms with Crippen molar-refractivity contribution in [3.05, 3.63) is 47.3 Å². The Morgan fingerprint density at radius 3 is 2.38 bits per heavy atom. The largest absolute Gasteiger partial charge is 0.573 e. The van der Waals surface area contributed by atoms with Gasteiger partial charge in [0.15, 0.2) is 0 Å². The van der Waals surface area contributed by atoms with E-state index >= 15 is 0 Å². The molecule has 0 aliphatic rings. The van der Waals surface area contributed by atoms with Crippen molar-refractivity contribution in [2.24, 2.45) is 7.05 Å². The smallest absolute Gasteiger partial charge is 0.406 e. The summed E-state index contributed by atoms with van der Waals surface area (Å²) >= 11 is 0. The molecule has 1 heterocycles. The SMILES string of the molecule is Cc1c(C(O)Cc2ccc(OC(F)(F)F)cc2)cnn1C. The van der Waals surface area contributed by atoms with Crippen LogP contribution < -0.4 is 4.74 Å². The summed E-state index contributed by atoms with van der Waals surface area (Å²) in [6.07, 6.45) is -3.58. The highest BCUT2D eigenvalue weighted by Crippen LogP contribution is 2.25. The van der Waals surface area contributed by atoms with E-state index in [9.17, 15) is 18.3 Å². The molecule has 0 amide bonds. The molecule has 0 saturated carbocycles. The first-order valence-corrected chi connectivity index (χ1v) is 6.27. The van der Waals surface area contributed by atoms with Crippen LogP contribution in [0.25, 0.3) is 0 Å². The lowest BCUT2D eigenvalue weighted by Gasteiger charge is -2.12. The maximum atomic E-state index is 12.0. The monoisotopic (exact) mass is 300 g/mol. The average molecular weight is 300 g/mol. The highest BCUT2D eigenvalue weighted by atomic mass is 19.4. The Kier molecular flexibility index (Phi) is 4.22. The van der Waals surface area contributed by atoms with E-state index in [0.717, 1.165) is 5.69 Å². The van der Waals surface area contributed by atoms with Gasteiger partial charge in [-0.25, -0.2) is 0 Å².